The SMILES string of the molecule is CCCCCCC/C=C\C/C=C\CCCCCCCCCCCCCC(=O)OC(CO)COCCCCCCCC/C=C\CCCCCCC. The molecule has 1 N–H and O–H groups in total. The maximum Gasteiger partial charge on any atom is 0.306 e. The van der Waals surface area contributed by atoms with Crippen molar-refractivity contribution in [1.82, 2.24) is 0 Å². The summed E-state index contributed by atoms with van der Waals surface area (Å²) < 4.78 is 11.2. The summed E-state index contributed by atoms with van der Waals surface area (Å²) in [6.45, 7) is 5.33. The number of esters is 1. The molecule has 0 aliphatic rings. The van der Waals surface area contributed by atoms with Gasteiger partial charge in [-0.2, -0.15) is 0 Å². The predicted octanol–water partition coefficient (Wildman–Crippen LogP) is 14.5. The van der Waals surface area contributed by atoms with Crippen molar-refractivity contribution in [3.05, 3.63) is 36.5 Å². The molecule has 0 aromatic rings. The van der Waals surface area contributed by atoms with Crippen molar-refractivity contribution in [2.75, 3.05) is 19.8 Å². The molecule has 0 fully saturated rings. The van der Waals surface area contributed by atoms with E-state index in [1.807, 2.05) is 0 Å². The van der Waals surface area contributed by atoms with E-state index in [4.69, 9.17) is 9.47 Å². The van der Waals surface area contributed by atoms with Gasteiger partial charge in [-0.3, -0.25) is 4.79 Å². The van der Waals surface area contributed by atoms with Crippen LogP contribution in [0.4, 0.5) is 0 Å². The highest BCUT2D eigenvalue weighted by atomic mass is 16.6. The molecule has 0 radical (unpaired) electrons. The number of ether oxygens (including phenoxy) is 2. The van der Waals surface area contributed by atoms with Gasteiger partial charge in [0, 0.05) is 13.0 Å². The van der Waals surface area contributed by atoms with E-state index in [0.717, 1.165) is 25.7 Å². The molecule has 4 heteroatoms. The lowest BCUT2D eigenvalue weighted by Gasteiger charge is -2.15. The summed E-state index contributed by atoms with van der Waals surface area (Å²) in [6.07, 6.45) is 54.9. The fraction of sp³-hybridized carbons (Fsp3) is 0.848. The summed E-state index contributed by atoms with van der Waals surface area (Å²) in [4.78, 5) is 12.2. The van der Waals surface area contributed by atoms with Crippen LogP contribution in [-0.2, 0) is 14.3 Å². The van der Waals surface area contributed by atoms with Gasteiger partial charge < -0.3 is 14.6 Å². The van der Waals surface area contributed by atoms with Crippen LogP contribution in [0.5, 0.6) is 0 Å². The summed E-state index contributed by atoms with van der Waals surface area (Å²) in [7, 11) is 0. The van der Waals surface area contributed by atoms with Crippen LogP contribution >= 0.6 is 0 Å². The van der Waals surface area contributed by atoms with Crippen molar-refractivity contribution in [2.45, 2.75) is 232 Å². The zero-order valence-electron chi connectivity index (χ0n) is 33.7. The second-order valence-corrected chi connectivity index (χ2v) is 14.8. The van der Waals surface area contributed by atoms with E-state index in [1.54, 1.807) is 0 Å². The van der Waals surface area contributed by atoms with Gasteiger partial charge in [0.05, 0.1) is 13.2 Å². The van der Waals surface area contributed by atoms with Gasteiger partial charge in [-0.1, -0.05) is 185 Å². The van der Waals surface area contributed by atoms with E-state index >= 15 is 0 Å². The Balaban J connectivity index is 3.42. The molecule has 0 aliphatic carbocycles. The van der Waals surface area contributed by atoms with Crippen LogP contribution in [0, 0.1) is 0 Å². The summed E-state index contributed by atoms with van der Waals surface area (Å²) in [5.41, 5.74) is 0. The lowest BCUT2D eigenvalue weighted by Crippen LogP contribution is -2.27. The molecule has 0 aromatic heterocycles. The minimum atomic E-state index is -0.537. The van der Waals surface area contributed by atoms with Crippen LogP contribution in [0.25, 0.3) is 0 Å². The van der Waals surface area contributed by atoms with Crippen molar-refractivity contribution in [3.8, 4) is 0 Å². The molecule has 0 amide bonds. The molecule has 4 nitrogen and oxygen atoms in total. The molecule has 294 valence electrons. The fourth-order valence-corrected chi connectivity index (χ4v) is 6.35. The Labute approximate surface area is 312 Å². The van der Waals surface area contributed by atoms with E-state index in [2.05, 4.69) is 50.3 Å². The first-order valence-corrected chi connectivity index (χ1v) is 22.1. The summed E-state index contributed by atoms with van der Waals surface area (Å²) >= 11 is 0. The Kier molecular flexibility index (Phi) is 42.6. The van der Waals surface area contributed by atoms with E-state index < -0.39 is 6.10 Å². The van der Waals surface area contributed by atoms with Gasteiger partial charge in [0.1, 0.15) is 6.10 Å². The normalized spacial score (nSPS) is 12.6. The van der Waals surface area contributed by atoms with E-state index in [-0.39, 0.29) is 12.6 Å². The third kappa shape index (κ3) is 41.0. The van der Waals surface area contributed by atoms with Crippen molar-refractivity contribution in [1.29, 1.82) is 0 Å². The highest BCUT2D eigenvalue weighted by Gasteiger charge is 2.13. The monoisotopic (exact) mass is 703 g/mol. The molecule has 0 spiro atoms. The first-order chi connectivity index (χ1) is 24.7. The first kappa shape index (κ1) is 48.6. The smallest absolute Gasteiger partial charge is 0.306 e. The molecule has 0 heterocycles. The van der Waals surface area contributed by atoms with Crippen LogP contribution in [0.15, 0.2) is 36.5 Å². The molecule has 1 unspecified atom stereocenters. The number of carbonyl (C=O) groups excluding carboxylic acids is 1. The maximum absolute atomic E-state index is 12.2. The standard InChI is InChI=1S/C46H86O4/c1-3-5-7-9-11-13-15-17-19-20-21-22-23-24-25-26-27-29-31-33-35-37-39-41-46(48)50-45(43-47)44-49-42-40-38-36-34-32-30-28-18-16-14-12-10-8-6-4-2/h15-18,20-21,45,47H,3-14,19,22-44H2,1-2H3/b17-15-,18-16-,21-20-. The molecule has 1 atom stereocenters. The zero-order valence-corrected chi connectivity index (χ0v) is 33.7. The highest BCUT2D eigenvalue weighted by Crippen LogP contribution is 2.14. The van der Waals surface area contributed by atoms with Crippen LogP contribution in [0.1, 0.15) is 226 Å². The van der Waals surface area contributed by atoms with Crippen LogP contribution in [0.3, 0.4) is 0 Å². The first-order valence-electron chi connectivity index (χ1n) is 22.1. The number of allylic oxidation sites excluding steroid dienone is 6. The Morgan fingerprint density at radius 3 is 1.26 bits per heavy atom. The molecule has 0 saturated heterocycles. The number of hydrogen-bond donors (Lipinski definition) is 1. The number of carbonyl (C=O) groups is 1. The third-order valence-electron chi connectivity index (χ3n) is 9.69. The molecule has 0 bridgehead atoms. The Morgan fingerprint density at radius 2 is 0.840 bits per heavy atom. The quantitative estimate of drug-likeness (QED) is 0.0391. The Hall–Kier alpha value is -1.39. The number of rotatable bonds is 41. The summed E-state index contributed by atoms with van der Waals surface area (Å²) in [5.74, 6) is -0.203. The molecular weight excluding hydrogens is 617 g/mol. The van der Waals surface area contributed by atoms with Gasteiger partial charge in [0.15, 0.2) is 0 Å². The second-order valence-electron chi connectivity index (χ2n) is 14.8. The van der Waals surface area contributed by atoms with Crippen LogP contribution < -0.4 is 0 Å². The summed E-state index contributed by atoms with van der Waals surface area (Å²) in [6, 6.07) is 0. The Morgan fingerprint density at radius 1 is 0.480 bits per heavy atom. The van der Waals surface area contributed by atoms with Crippen molar-refractivity contribution in [3.63, 3.8) is 0 Å². The second kappa shape index (κ2) is 43.8. The number of aliphatic hydroxyl groups is 1. The van der Waals surface area contributed by atoms with Gasteiger partial charge >= 0.3 is 5.97 Å². The van der Waals surface area contributed by atoms with E-state index in [0.29, 0.717) is 19.6 Å². The fourth-order valence-electron chi connectivity index (χ4n) is 6.35. The van der Waals surface area contributed by atoms with E-state index in [1.165, 1.54) is 180 Å². The van der Waals surface area contributed by atoms with E-state index in [9.17, 15) is 9.90 Å². The molecule has 0 aromatic carbocycles. The van der Waals surface area contributed by atoms with Crippen molar-refractivity contribution >= 4 is 5.97 Å². The number of hydrogen-bond acceptors (Lipinski definition) is 4. The third-order valence-corrected chi connectivity index (χ3v) is 9.69. The maximum atomic E-state index is 12.2. The van der Waals surface area contributed by atoms with Gasteiger partial charge in [0.25, 0.3) is 0 Å². The minimum absolute atomic E-state index is 0.173. The lowest BCUT2D eigenvalue weighted by molar-refractivity contribution is -0.154. The molecule has 0 aliphatic heterocycles. The molecular formula is C46H86O4. The predicted molar refractivity (Wildman–Crippen MR) is 219 cm³/mol. The van der Waals surface area contributed by atoms with Crippen molar-refractivity contribution in [2.24, 2.45) is 0 Å². The molecule has 0 saturated carbocycles. The Bertz CT molecular complexity index is 742. The van der Waals surface area contributed by atoms with Gasteiger partial charge in [-0.15, -0.1) is 0 Å². The zero-order chi connectivity index (χ0) is 36.3. The molecule has 0 rings (SSSR count). The van der Waals surface area contributed by atoms with Crippen LogP contribution in [0.2, 0.25) is 0 Å². The topological polar surface area (TPSA) is 55.8 Å². The van der Waals surface area contributed by atoms with Crippen LogP contribution in [-0.4, -0.2) is 37.0 Å². The minimum Gasteiger partial charge on any atom is -0.457 e. The largest absolute Gasteiger partial charge is 0.457 e. The van der Waals surface area contributed by atoms with Crippen molar-refractivity contribution < 1.29 is 19.4 Å². The molecule has 50 heavy (non-hydrogen) atoms. The van der Waals surface area contributed by atoms with Gasteiger partial charge in [-0.05, 0) is 70.6 Å². The van der Waals surface area contributed by atoms with Gasteiger partial charge in [-0.25, -0.2) is 0 Å². The summed E-state index contributed by atoms with van der Waals surface area (Å²) in [5, 5.41) is 9.60. The number of unbranched alkanes of at least 4 members (excludes halogenated alkanes) is 27. The number of aliphatic hydroxyl groups excluding tert-OH is 1. The average molecular weight is 703 g/mol. The highest BCUT2D eigenvalue weighted by molar-refractivity contribution is 5.69. The van der Waals surface area contributed by atoms with Gasteiger partial charge in [0.2, 0.25) is 0 Å². The lowest BCUT2D eigenvalue weighted by atomic mass is 10.0. The average Bonchev–Trinajstić information content (AvgIpc) is 3.12.